The standard InChI is InChI=1S/C20H21N5O5S/c26-18(21-16-4-6-17(7-5-16)25-19(27)22-23-20(25)28)15-3-1-2-14(12-15)13-24-8-10-31(29,30)11-9-24/h1-7,12H,8-11,13H2,(H,21,26)(H,22,27)(H,23,28). The van der Waals surface area contributed by atoms with E-state index >= 15 is 0 Å². The van der Waals surface area contributed by atoms with Crippen LogP contribution >= 0.6 is 0 Å². The van der Waals surface area contributed by atoms with Gasteiger partial charge in [0.25, 0.3) is 5.91 Å². The highest BCUT2D eigenvalue weighted by Gasteiger charge is 2.21. The molecule has 0 atom stereocenters. The van der Waals surface area contributed by atoms with Gasteiger partial charge in [0.05, 0.1) is 17.2 Å². The molecule has 1 aliphatic heterocycles. The SMILES string of the molecule is O=C(Nc1ccc(-n2c(=O)[nH][nH]c2=O)cc1)c1cccc(CN2CCS(=O)(=O)CC2)c1. The number of aromatic nitrogens is 3. The topological polar surface area (TPSA) is 137 Å². The average molecular weight is 443 g/mol. The number of benzene rings is 2. The second kappa shape index (κ2) is 8.36. The Kier molecular flexibility index (Phi) is 5.61. The van der Waals surface area contributed by atoms with Crippen molar-refractivity contribution in [2.24, 2.45) is 0 Å². The van der Waals surface area contributed by atoms with E-state index in [0.29, 0.717) is 36.6 Å². The highest BCUT2D eigenvalue weighted by Crippen LogP contribution is 2.15. The molecule has 0 aliphatic carbocycles. The zero-order valence-electron chi connectivity index (χ0n) is 16.5. The third-order valence-corrected chi connectivity index (χ3v) is 6.71. The normalized spacial score (nSPS) is 16.1. The lowest BCUT2D eigenvalue weighted by atomic mass is 10.1. The summed E-state index contributed by atoms with van der Waals surface area (Å²) in [4.78, 5) is 38.0. The van der Waals surface area contributed by atoms with Crippen molar-refractivity contribution in [3.63, 3.8) is 0 Å². The number of rotatable bonds is 5. The monoisotopic (exact) mass is 443 g/mol. The van der Waals surface area contributed by atoms with Gasteiger partial charge in [-0.25, -0.2) is 32.8 Å². The molecule has 162 valence electrons. The minimum atomic E-state index is -2.93. The summed E-state index contributed by atoms with van der Waals surface area (Å²) in [5.41, 5.74) is 1.13. The van der Waals surface area contributed by atoms with Gasteiger partial charge in [0.15, 0.2) is 9.84 Å². The Hall–Kier alpha value is -3.44. The molecule has 1 aromatic heterocycles. The van der Waals surface area contributed by atoms with Crippen molar-refractivity contribution in [1.82, 2.24) is 19.7 Å². The van der Waals surface area contributed by atoms with Gasteiger partial charge in [0.1, 0.15) is 0 Å². The summed E-state index contributed by atoms with van der Waals surface area (Å²) in [5.74, 6) is 0.0147. The Balaban J connectivity index is 1.42. The summed E-state index contributed by atoms with van der Waals surface area (Å²) < 4.78 is 24.1. The van der Waals surface area contributed by atoms with E-state index in [1.807, 2.05) is 6.07 Å². The fourth-order valence-corrected chi connectivity index (χ4v) is 4.70. The first-order valence-electron chi connectivity index (χ1n) is 9.64. The van der Waals surface area contributed by atoms with Gasteiger partial charge >= 0.3 is 11.4 Å². The van der Waals surface area contributed by atoms with Crippen molar-refractivity contribution < 1.29 is 13.2 Å². The smallest absolute Gasteiger partial charge is 0.322 e. The van der Waals surface area contributed by atoms with Crippen molar-refractivity contribution in [1.29, 1.82) is 0 Å². The van der Waals surface area contributed by atoms with Crippen LogP contribution in [0.15, 0.2) is 58.1 Å². The Morgan fingerprint density at radius 2 is 1.61 bits per heavy atom. The van der Waals surface area contributed by atoms with E-state index in [9.17, 15) is 22.8 Å². The minimum Gasteiger partial charge on any atom is -0.322 e. The molecule has 1 amide bonds. The number of nitrogens with zero attached hydrogens (tertiary/aromatic N) is 2. The molecular weight excluding hydrogens is 422 g/mol. The third kappa shape index (κ3) is 4.84. The first kappa shape index (κ1) is 20.8. The number of carbonyl (C=O) groups excluding carboxylic acids is 1. The van der Waals surface area contributed by atoms with Gasteiger partial charge in [-0.3, -0.25) is 9.69 Å². The molecule has 0 bridgehead atoms. The molecule has 0 saturated carbocycles. The van der Waals surface area contributed by atoms with E-state index in [2.05, 4.69) is 20.4 Å². The van der Waals surface area contributed by atoms with E-state index in [4.69, 9.17) is 0 Å². The van der Waals surface area contributed by atoms with Crippen LogP contribution in [-0.4, -0.2) is 58.6 Å². The Morgan fingerprint density at radius 1 is 0.968 bits per heavy atom. The average Bonchev–Trinajstić information content (AvgIpc) is 3.08. The maximum atomic E-state index is 12.6. The van der Waals surface area contributed by atoms with Crippen LogP contribution in [0.25, 0.3) is 5.69 Å². The largest absolute Gasteiger partial charge is 0.348 e. The van der Waals surface area contributed by atoms with Crippen LogP contribution in [0.4, 0.5) is 5.69 Å². The maximum absolute atomic E-state index is 12.6. The van der Waals surface area contributed by atoms with E-state index < -0.39 is 21.2 Å². The number of nitrogens with one attached hydrogen (secondary N) is 3. The Morgan fingerprint density at radius 3 is 2.26 bits per heavy atom. The number of hydrogen-bond acceptors (Lipinski definition) is 6. The first-order valence-corrected chi connectivity index (χ1v) is 11.5. The summed E-state index contributed by atoms with van der Waals surface area (Å²) in [7, 11) is -2.93. The van der Waals surface area contributed by atoms with Crippen LogP contribution in [-0.2, 0) is 16.4 Å². The molecular formula is C20H21N5O5S. The molecule has 1 fully saturated rings. The van der Waals surface area contributed by atoms with Gasteiger partial charge in [-0.1, -0.05) is 12.1 Å². The lowest BCUT2D eigenvalue weighted by Crippen LogP contribution is -2.39. The molecule has 4 rings (SSSR count). The summed E-state index contributed by atoms with van der Waals surface area (Å²) >= 11 is 0. The molecule has 2 heterocycles. The summed E-state index contributed by atoms with van der Waals surface area (Å²) in [5, 5.41) is 7.21. The number of H-pyrrole nitrogens is 2. The van der Waals surface area contributed by atoms with Gasteiger partial charge in [0, 0.05) is 30.9 Å². The van der Waals surface area contributed by atoms with E-state index in [-0.39, 0.29) is 17.4 Å². The van der Waals surface area contributed by atoms with E-state index in [0.717, 1.165) is 10.1 Å². The van der Waals surface area contributed by atoms with Crippen LogP contribution in [0, 0.1) is 0 Å². The first-order chi connectivity index (χ1) is 14.8. The molecule has 0 radical (unpaired) electrons. The molecule has 2 aromatic carbocycles. The lowest BCUT2D eigenvalue weighted by Gasteiger charge is -2.26. The Labute approximate surface area is 177 Å². The van der Waals surface area contributed by atoms with E-state index in [1.54, 1.807) is 42.5 Å². The minimum absolute atomic E-state index is 0.157. The van der Waals surface area contributed by atoms with Crippen LogP contribution in [0.3, 0.4) is 0 Å². The highest BCUT2D eigenvalue weighted by molar-refractivity contribution is 7.91. The summed E-state index contributed by atoms with van der Waals surface area (Å²) in [6, 6.07) is 13.5. The third-order valence-electron chi connectivity index (χ3n) is 5.10. The summed E-state index contributed by atoms with van der Waals surface area (Å²) in [6.45, 7) is 1.54. The molecule has 1 aliphatic rings. The zero-order chi connectivity index (χ0) is 22.0. The van der Waals surface area contributed by atoms with Crippen molar-refractivity contribution in [3.8, 4) is 5.69 Å². The molecule has 0 spiro atoms. The second-order valence-electron chi connectivity index (χ2n) is 7.33. The van der Waals surface area contributed by atoms with Crippen LogP contribution in [0.1, 0.15) is 15.9 Å². The zero-order valence-corrected chi connectivity index (χ0v) is 17.3. The maximum Gasteiger partial charge on any atom is 0.348 e. The molecule has 11 heteroatoms. The number of anilines is 1. The molecule has 10 nitrogen and oxygen atoms in total. The van der Waals surface area contributed by atoms with Gasteiger partial charge in [0.2, 0.25) is 0 Å². The van der Waals surface area contributed by atoms with Crippen molar-refractivity contribution >= 4 is 21.4 Å². The molecule has 1 saturated heterocycles. The molecule has 3 aromatic rings. The fraction of sp³-hybridized carbons (Fsp3) is 0.250. The number of sulfone groups is 1. The van der Waals surface area contributed by atoms with Crippen LogP contribution < -0.4 is 16.7 Å². The predicted octanol–water partition coefficient (Wildman–Crippen LogP) is 0.337. The van der Waals surface area contributed by atoms with Crippen LogP contribution in [0.2, 0.25) is 0 Å². The number of hydrogen-bond donors (Lipinski definition) is 3. The second-order valence-corrected chi connectivity index (χ2v) is 9.63. The van der Waals surface area contributed by atoms with E-state index in [1.165, 1.54) is 0 Å². The number of amides is 1. The van der Waals surface area contributed by atoms with Gasteiger partial charge in [-0.05, 0) is 42.0 Å². The van der Waals surface area contributed by atoms with Gasteiger partial charge < -0.3 is 5.32 Å². The van der Waals surface area contributed by atoms with Crippen molar-refractivity contribution in [2.75, 3.05) is 29.9 Å². The Bertz CT molecular complexity index is 1280. The quantitative estimate of drug-likeness (QED) is 0.520. The van der Waals surface area contributed by atoms with Crippen molar-refractivity contribution in [2.45, 2.75) is 6.54 Å². The molecule has 31 heavy (non-hydrogen) atoms. The molecule has 3 N–H and O–H groups in total. The highest BCUT2D eigenvalue weighted by atomic mass is 32.2. The number of aromatic amines is 2. The van der Waals surface area contributed by atoms with Crippen LogP contribution in [0.5, 0.6) is 0 Å². The fourth-order valence-electron chi connectivity index (χ4n) is 3.42. The number of carbonyl (C=O) groups is 1. The molecule has 0 unspecified atom stereocenters. The summed E-state index contributed by atoms with van der Waals surface area (Å²) in [6.07, 6.45) is 0. The van der Waals surface area contributed by atoms with Gasteiger partial charge in [-0.15, -0.1) is 0 Å². The lowest BCUT2D eigenvalue weighted by molar-refractivity contribution is 0.102. The van der Waals surface area contributed by atoms with Crippen molar-refractivity contribution in [3.05, 3.63) is 80.6 Å². The predicted molar refractivity (Wildman–Crippen MR) is 115 cm³/mol. The van der Waals surface area contributed by atoms with Gasteiger partial charge in [-0.2, -0.15) is 0 Å².